The van der Waals surface area contributed by atoms with E-state index >= 15 is 0 Å². The average molecular weight is 490 g/mol. The number of aromatic nitrogens is 1. The average Bonchev–Trinajstić information content (AvgIpc) is 3.22. The van der Waals surface area contributed by atoms with Crippen LogP contribution in [0.15, 0.2) is 78.9 Å². The molecular weight excluding hydrogens is 461 g/mol. The van der Waals surface area contributed by atoms with Gasteiger partial charge in [-0.15, -0.1) is 0 Å². The van der Waals surface area contributed by atoms with Crippen molar-refractivity contribution in [1.29, 1.82) is 0 Å². The van der Waals surface area contributed by atoms with E-state index in [1.54, 1.807) is 31.4 Å². The zero-order chi connectivity index (χ0) is 25.3. The first-order valence-electron chi connectivity index (χ1n) is 11.6. The van der Waals surface area contributed by atoms with Crippen LogP contribution in [0.2, 0.25) is 0 Å². The molecule has 0 saturated heterocycles. The lowest BCUT2D eigenvalue weighted by Gasteiger charge is -2.12. The fraction of sp³-hybridized carbons (Fsp3) is 0.214. The summed E-state index contributed by atoms with van der Waals surface area (Å²) in [6, 6.07) is 23.1. The van der Waals surface area contributed by atoms with Crippen LogP contribution in [-0.2, 0) is 27.4 Å². The van der Waals surface area contributed by atoms with E-state index in [0.717, 1.165) is 22.0 Å². The summed E-state index contributed by atoms with van der Waals surface area (Å²) in [4.78, 5) is 25.3. The Balaban J connectivity index is 1.51. The number of halogens is 1. The molecule has 7 nitrogen and oxygen atoms in total. The third-order valence-corrected chi connectivity index (χ3v) is 5.58. The number of nitrogens with one attached hydrogen (secondary N) is 2. The van der Waals surface area contributed by atoms with E-state index in [1.165, 1.54) is 12.1 Å². The number of ether oxygens (including phenoxy) is 2. The molecule has 3 aromatic carbocycles. The highest BCUT2D eigenvalue weighted by Crippen LogP contribution is 2.25. The Morgan fingerprint density at radius 3 is 2.53 bits per heavy atom. The first-order valence-corrected chi connectivity index (χ1v) is 11.6. The summed E-state index contributed by atoms with van der Waals surface area (Å²) in [5.74, 6) is -0.879. The normalized spacial score (nSPS) is 10.9. The predicted molar refractivity (Wildman–Crippen MR) is 136 cm³/mol. The summed E-state index contributed by atoms with van der Waals surface area (Å²) in [6.07, 6.45) is 0. The molecule has 1 heterocycles. The Kier molecular flexibility index (Phi) is 8.44. The van der Waals surface area contributed by atoms with Gasteiger partial charge in [0.25, 0.3) is 5.91 Å². The van der Waals surface area contributed by atoms with Crippen LogP contribution in [0.25, 0.3) is 10.9 Å². The molecule has 4 rings (SSSR count). The molecule has 0 aliphatic rings. The van der Waals surface area contributed by atoms with Crippen LogP contribution < -0.4 is 10.6 Å². The summed E-state index contributed by atoms with van der Waals surface area (Å²) < 4.78 is 26.1. The van der Waals surface area contributed by atoms with Crippen molar-refractivity contribution >= 4 is 28.4 Å². The Morgan fingerprint density at radius 1 is 0.944 bits per heavy atom. The van der Waals surface area contributed by atoms with Crippen LogP contribution in [0.1, 0.15) is 21.6 Å². The lowest BCUT2D eigenvalue weighted by atomic mass is 10.2. The van der Waals surface area contributed by atoms with Crippen LogP contribution in [0.3, 0.4) is 0 Å². The number of amides is 2. The number of anilines is 1. The molecule has 1 aromatic heterocycles. The molecule has 0 aliphatic carbocycles. The molecule has 0 saturated carbocycles. The van der Waals surface area contributed by atoms with Crippen molar-refractivity contribution in [1.82, 2.24) is 9.88 Å². The van der Waals surface area contributed by atoms with Crippen LogP contribution in [0, 0.1) is 5.82 Å². The first-order chi connectivity index (χ1) is 17.5. The highest BCUT2D eigenvalue weighted by Gasteiger charge is 2.17. The minimum Gasteiger partial charge on any atom is -0.383 e. The van der Waals surface area contributed by atoms with Gasteiger partial charge in [-0.3, -0.25) is 9.59 Å². The molecule has 0 atom stereocenters. The highest BCUT2D eigenvalue weighted by molar-refractivity contribution is 6.00. The van der Waals surface area contributed by atoms with Crippen molar-refractivity contribution in [3.05, 3.63) is 102 Å². The molecule has 186 valence electrons. The van der Waals surface area contributed by atoms with E-state index < -0.39 is 0 Å². The van der Waals surface area contributed by atoms with Crippen molar-refractivity contribution < 1.29 is 23.5 Å². The van der Waals surface area contributed by atoms with Gasteiger partial charge in [-0.2, -0.15) is 0 Å². The standard InChI is InChI=1S/C28H28FN3O4/c1-35-13-12-30-28(34)26-16-22-15-24(31-27(33)19-36-18-20-6-3-2-4-7-20)10-11-25(22)32(26)17-21-8-5-9-23(29)14-21/h2-11,14-16H,12-13,17-19H2,1H3,(H,30,34)(H,31,33). The topological polar surface area (TPSA) is 81.6 Å². The quantitative estimate of drug-likeness (QED) is 0.307. The number of hydrogen-bond acceptors (Lipinski definition) is 4. The number of benzene rings is 3. The minimum atomic E-state index is -0.338. The summed E-state index contributed by atoms with van der Waals surface area (Å²) >= 11 is 0. The number of methoxy groups -OCH3 is 1. The van der Waals surface area contributed by atoms with Gasteiger partial charge in [0.15, 0.2) is 0 Å². The van der Waals surface area contributed by atoms with Gasteiger partial charge in [0, 0.05) is 36.8 Å². The van der Waals surface area contributed by atoms with E-state index in [-0.39, 0.29) is 24.2 Å². The van der Waals surface area contributed by atoms with Crippen molar-refractivity contribution in [2.24, 2.45) is 0 Å². The maximum Gasteiger partial charge on any atom is 0.268 e. The molecule has 0 aliphatic heterocycles. The Morgan fingerprint density at radius 2 is 1.75 bits per heavy atom. The second-order valence-electron chi connectivity index (χ2n) is 8.29. The van der Waals surface area contributed by atoms with Crippen molar-refractivity contribution in [3.8, 4) is 0 Å². The number of nitrogens with zero attached hydrogens (tertiary/aromatic N) is 1. The molecule has 0 radical (unpaired) electrons. The summed E-state index contributed by atoms with van der Waals surface area (Å²) in [5.41, 5.74) is 3.52. The van der Waals surface area contributed by atoms with E-state index in [9.17, 15) is 14.0 Å². The molecular formula is C28H28FN3O4. The van der Waals surface area contributed by atoms with Crippen molar-refractivity contribution in [3.63, 3.8) is 0 Å². The van der Waals surface area contributed by atoms with Gasteiger partial charge >= 0.3 is 0 Å². The van der Waals surface area contributed by atoms with Gasteiger partial charge in [-0.05, 0) is 47.5 Å². The number of carbonyl (C=O) groups excluding carboxylic acids is 2. The van der Waals surface area contributed by atoms with E-state index in [1.807, 2.05) is 47.0 Å². The van der Waals surface area contributed by atoms with Crippen LogP contribution in [0.5, 0.6) is 0 Å². The third kappa shape index (κ3) is 6.56. The monoisotopic (exact) mass is 489 g/mol. The third-order valence-electron chi connectivity index (χ3n) is 5.58. The minimum absolute atomic E-state index is 0.0827. The summed E-state index contributed by atoms with van der Waals surface area (Å²) in [6.45, 7) is 1.32. The molecule has 0 spiro atoms. The maximum absolute atomic E-state index is 13.8. The van der Waals surface area contributed by atoms with Gasteiger partial charge < -0.3 is 24.7 Å². The van der Waals surface area contributed by atoms with Crippen molar-refractivity contribution in [2.45, 2.75) is 13.2 Å². The zero-order valence-corrected chi connectivity index (χ0v) is 20.0. The van der Waals surface area contributed by atoms with Gasteiger partial charge in [0.1, 0.15) is 18.1 Å². The van der Waals surface area contributed by atoms with Crippen LogP contribution in [0.4, 0.5) is 10.1 Å². The fourth-order valence-corrected chi connectivity index (χ4v) is 3.92. The SMILES string of the molecule is COCCNC(=O)c1cc2cc(NC(=O)COCc3ccccc3)ccc2n1Cc1cccc(F)c1. The molecule has 2 N–H and O–H groups in total. The van der Waals surface area contributed by atoms with E-state index in [2.05, 4.69) is 10.6 Å². The molecule has 4 aromatic rings. The Bertz CT molecular complexity index is 1340. The number of rotatable bonds is 11. The van der Waals surface area contributed by atoms with Gasteiger partial charge in [-0.1, -0.05) is 42.5 Å². The molecule has 36 heavy (non-hydrogen) atoms. The second kappa shape index (κ2) is 12.1. The number of hydrogen-bond donors (Lipinski definition) is 2. The second-order valence-corrected chi connectivity index (χ2v) is 8.29. The van der Waals surface area contributed by atoms with E-state index in [0.29, 0.717) is 37.7 Å². The molecule has 0 bridgehead atoms. The number of fused-ring (bicyclic) bond motifs is 1. The van der Waals surface area contributed by atoms with Crippen LogP contribution in [-0.4, -0.2) is 43.2 Å². The molecule has 8 heteroatoms. The van der Waals surface area contributed by atoms with Gasteiger partial charge in [0.05, 0.1) is 13.2 Å². The fourth-order valence-electron chi connectivity index (χ4n) is 3.92. The predicted octanol–water partition coefficient (Wildman–Crippen LogP) is 4.36. The van der Waals surface area contributed by atoms with E-state index in [4.69, 9.17) is 9.47 Å². The van der Waals surface area contributed by atoms with Gasteiger partial charge in [-0.25, -0.2) is 4.39 Å². The molecule has 2 amide bonds. The molecule has 0 unspecified atom stereocenters. The zero-order valence-electron chi connectivity index (χ0n) is 20.0. The first kappa shape index (κ1) is 25.1. The highest BCUT2D eigenvalue weighted by atomic mass is 19.1. The lowest BCUT2D eigenvalue weighted by molar-refractivity contribution is -0.121. The Hall–Kier alpha value is -4.01. The largest absolute Gasteiger partial charge is 0.383 e. The Labute approximate surface area is 208 Å². The van der Waals surface area contributed by atoms with Gasteiger partial charge in [0.2, 0.25) is 5.91 Å². The smallest absolute Gasteiger partial charge is 0.268 e. The van der Waals surface area contributed by atoms with Crippen LogP contribution >= 0.6 is 0 Å². The van der Waals surface area contributed by atoms with Crippen molar-refractivity contribution in [2.75, 3.05) is 32.2 Å². The maximum atomic E-state index is 13.8. The number of carbonyl (C=O) groups is 2. The molecule has 0 fully saturated rings. The summed E-state index contributed by atoms with van der Waals surface area (Å²) in [5, 5.41) is 6.44. The summed E-state index contributed by atoms with van der Waals surface area (Å²) in [7, 11) is 1.57. The lowest BCUT2D eigenvalue weighted by Crippen LogP contribution is -2.29.